The fourth-order valence-corrected chi connectivity index (χ4v) is 10.8. The summed E-state index contributed by atoms with van der Waals surface area (Å²) in [5.74, 6) is -7.16. The van der Waals surface area contributed by atoms with Gasteiger partial charge in [-0.05, 0) is 101 Å². The van der Waals surface area contributed by atoms with Gasteiger partial charge in [0.25, 0.3) is 11.7 Å². The van der Waals surface area contributed by atoms with Crippen LogP contribution >= 0.6 is 0 Å². The van der Waals surface area contributed by atoms with E-state index in [0.717, 1.165) is 31.3 Å². The van der Waals surface area contributed by atoms with E-state index in [0.29, 0.717) is 69.8 Å². The normalized spacial score (nSPS) is 37.0. The number of nitrogens with zero attached hydrogens (tertiary/aromatic N) is 1. The Hall–Kier alpha value is -3.41. The molecule has 1 amide bonds. The van der Waals surface area contributed by atoms with Crippen molar-refractivity contribution in [2.24, 2.45) is 35.5 Å². The van der Waals surface area contributed by atoms with E-state index in [1.54, 1.807) is 34.1 Å². The number of amides is 1. The number of aliphatic hydroxyl groups is 1. The standard InChI is InChI=1S/C56H89NO14/c1-36-18-13-12-14-19-37(2)48(69-29-28-68-27-26-64-8)34-45-24-23-42(7)56(63,71-45)53(60)54(61)57-25-16-15-22-46(57)55(62)70-49(39(4)32-43-20-17-21-44(33-43)65-9)35-47(58)38(3)31-41(6)51(66-10)52(67-11)50(59)40(5)30-36/h12-14,18-19,31,36,38-40,42-46,48-49,51-52,63H,15-17,20-30,32-35H2,1-11H3/b14-12+,18-13+,37-19+,41-31+/t36-,38-,39-,40-,42-,43+,44+,45+,46+,48?,49+,51-,52+,56-/m1/s1. The first-order valence-corrected chi connectivity index (χ1v) is 26.4. The highest BCUT2D eigenvalue weighted by Crippen LogP contribution is 2.38. The van der Waals surface area contributed by atoms with Crippen LogP contribution in [-0.2, 0) is 61.9 Å². The second-order valence-corrected chi connectivity index (χ2v) is 20.9. The first kappa shape index (κ1) is 60.1. The summed E-state index contributed by atoms with van der Waals surface area (Å²) in [6.45, 7) is 14.7. The molecule has 3 aliphatic heterocycles. The minimum absolute atomic E-state index is 0.0468. The van der Waals surface area contributed by atoms with Gasteiger partial charge in [0.05, 0.1) is 44.7 Å². The minimum Gasteiger partial charge on any atom is -0.460 e. The van der Waals surface area contributed by atoms with E-state index >= 15 is 0 Å². The van der Waals surface area contributed by atoms with Gasteiger partial charge in [-0.15, -0.1) is 0 Å². The van der Waals surface area contributed by atoms with Gasteiger partial charge >= 0.3 is 5.97 Å². The molecule has 3 fully saturated rings. The summed E-state index contributed by atoms with van der Waals surface area (Å²) in [5, 5.41) is 12.1. The highest BCUT2D eigenvalue weighted by molar-refractivity contribution is 6.39. The quantitative estimate of drug-likeness (QED) is 0.0814. The fourth-order valence-electron chi connectivity index (χ4n) is 10.8. The molecule has 4 rings (SSSR count). The predicted molar refractivity (Wildman–Crippen MR) is 270 cm³/mol. The Bertz CT molecular complexity index is 1840. The monoisotopic (exact) mass is 1000 g/mol. The zero-order chi connectivity index (χ0) is 52.3. The van der Waals surface area contributed by atoms with E-state index in [2.05, 4.69) is 6.92 Å². The summed E-state index contributed by atoms with van der Waals surface area (Å²) in [5.41, 5.74) is 1.53. The lowest BCUT2D eigenvalue weighted by molar-refractivity contribution is -0.266. The summed E-state index contributed by atoms with van der Waals surface area (Å²) < 4.78 is 47.2. The largest absolute Gasteiger partial charge is 0.460 e. The van der Waals surface area contributed by atoms with E-state index in [1.807, 2.05) is 58.1 Å². The Kier molecular flexibility index (Phi) is 25.5. The van der Waals surface area contributed by atoms with Crippen LogP contribution in [0.2, 0.25) is 0 Å². The van der Waals surface area contributed by atoms with E-state index in [4.69, 9.17) is 37.9 Å². The van der Waals surface area contributed by atoms with Crippen molar-refractivity contribution in [1.29, 1.82) is 0 Å². The lowest BCUT2D eigenvalue weighted by atomic mass is 9.79. The number of Topliss-reactive ketones (excluding diaryl/α,β-unsaturated/α-hetero) is 3. The number of methoxy groups -OCH3 is 4. The van der Waals surface area contributed by atoms with Crippen molar-refractivity contribution in [3.8, 4) is 0 Å². The molecule has 0 radical (unpaired) electrons. The molecule has 2 bridgehead atoms. The third-order valence-corrected chi connectivity index (χ3v) is 15.3. The number of piperidine rings is 1. The molecule has 1 unspecified atom stereocenters. The Balaban J connectivity index is 1.72. The third kappa shape index (κ3) is 17.6. The van der Waals surface area contributed by atoms with Gasteiger partial charge in [-0.1, -0.05) is 83.9 Å². The van der Waals surface area contributed by atoms with Gasteiger partial charge in [-0.25, -0.2) is 4.79 Å². The van der Waals surface area contributed by atoms with E-state index in [9.17, 15) is 29.1 Å². The van der Waals surface area contributed by atoms with Gasteiger partial charge in [0.1, 0.15) is 30.1 Å². The number of carbonyl (C=O) groups is 5. The van der Waals surface area contributed by atoms with Crippen LogP contribution in [0.25, 0.3) is 0 Å². The fraction of sp³-hybridized carbons (Fsp3) is 0.768. The van der Waals surface area contributed by atoms with Crippen LogP contribution < -0.4 is 0 Å². The molecule has 3 heterocycles. The van der Waals surface area contributed by atoms with E-state index in [1.165, 1.54) is 19.1 Å². The average molecular weight is 1000 g/mol. The maximum atomic E-state index is 14.5. The first-order valence-electron chi connectivity index (χ1n) is 26.4. The van der Waals surface area contributed by atoms with Crippen LogP contribution in [-0.4, -0.2) is 149 Å². The summed E-state index contributed by atoms with van der Waals surface area (Å²) in [7, 11) is 6.34. The van der Waals surface area contributed by atoms with Crippen molar-refractivity contribution in [1.82, 2.24) is 4.90 Å². The second kappa shape index (κ2) is 30.1. The Morgan fingerprint density at radius 3 is 2.23 bits per heavy atom. The summed E-state index contributed by atoms with van der Waals surface area (Å²) in [6, 6.07) is -1.11. The lowest BCUT2D eigenvalue weighted by Crippen LogP contribution is -2.61. The highest BCUT2D eigenvalue weighted by Gasteiger charge is 2.53. The zero-order valence-corrected chi connectivity index (χ0v) is 44.9. The van der Waals surface area contributed by atoms with Crippen molar-refractivity contribution < 1.29 is 67.0 Å². The number of hydrogen-bond acceptors (Lipinski definition) is 14. The number of fused-ring (bicyclic) bond motifs is 3. The molecule has 1 aliphatic carbocycles. The number of ether oxygens (including phenoxy) is 8. The lowest BCUT2D eigenvalue weighted by Gasteiger charge is -2.43. The maximum absolute atomic E-state index is 14.5. The van der Waals surface area contributed by atoms with E-state index < -0.39 is 71.8 Å². The maximum Gasteiger partial charge on any atom is 0.329 e. The molecule has 1 N–H and O–H groups in total. The Morgan fingerprint density at radius 1 is 0.789 bits per heavy atom. The first-order chi connectivity index (χ1) is 33.9. The predicted octanol–water partition coefficient (Wildman–Crippen LogP) is 7.90. The Morgan fingerprint density at radius 2 is 1.52 bits per heavy atom. The van der Waals surface area contributed by atoms with Crippen molar-refractivity contribution in [3.63, 3.8) is 0 Å². The smallest absolute Gasteiger partial charge is 0.329 e. The van der Waals surface area contributed by atoms with Crippen LogP contribution in [0.4, 0.5) is 0 Å². The summed E-state index contributed by atoms with van der Waals surface area (Å²) >= 11 is 0. The molecule has 0 aromatic rings. The second-order valence-electron chi connectivity index (χ2n) is 20.9. The molecular formula is C56H89NO14. The van der Waals surface area contributed by atoms with Crippen molar-refractivity contribution in [2.75, 3.05) is 61.4 Å². The molecule has 71 heavy (non-hydrogen) atoms. The average Bonchev–Trinajstić information content (AvgIpc) is 3.35. The molecule has 14 atom stereocenters. The van der Waals surface area contributed by atoms with E-state index in [-0.39, 0.29) is 67.8 Å². The minimum atomic E-state index is -2.45. The molecule has 0 aromatic carbocycles. The molecule has 0 spiro atoms. The molecule has 2 saturated heterocycles. The topological polar surface area (TPSA) is 183 Å². The molecular weight excluding hydrogens is 911 g/mol. The van der Waals surface area contributed by atoms with Crippen LogP contribution in [0.3, 0.4) is 0 Å². The number of hydrogen-bond donors (Lipinski definition) is 1. The molecule has 402 valence electrons. The molecule has 1 saturated carbocycles. The Labute approximate surface area is 424 Å². The number of allylic oxidation sites excluding steroid dienone is 6. The highest BCUT2D eigenvalue weighted by atomic mass is 16.6. The third-order valence-electron chi connectivity index (χ3n) is 15.3. The zero-order valence-electron chi connectivity index (χ0n) is 44.9. The van der Waals surface area contributed by atoms with Crippen molar-refractivity contribution in [2.45, 2.75) is 180 Å². The summed E-state index contributed by atoms with van der Waals surface area (Å²) in [4.78, 5) is 72.9. The van der Waals surface area contributed by atoms with Crippen LogP contribution in [0.5, 0.6) is 0 Å². The number of ketones is 3. The van der Waals surface area contributed by atoms with Crippen molar-refractivity contribution in [3.05, 3.63) is 47.6 Å². The number of cyclic esters (lactones) is 1. The van der Waals surface area contributed by atoms with Gasteiger partial charge in [-0.2, -0.15) is 0 Å². The molecule has 15 nitrogen and oxygen atoms in total. The molecule has 15 heteroatoms. The van der Waals surface area contributed by atoms with Crippen LogP contribution in [0, 0.1) is 35.5 Å². The SMILES string of the molecule is COCCOCCOC1C[C@@H]2CC[C@@H](C)[C@@](O)(O2)C(=O)C(=O)N2CCCC[C@H]2C(=O)O[C@H]([C@H](C)C[C@@H]2CCC[C@H](OC)C2)CC(=O)[C@H](C)/C=C(\C)[C@@H](OC)[C@@H](OC)C(=O)[C@H](C)C[C@H](C)/C=C/C=C/C=C/1C. The van der Waals surface area contributed by atoms with Gasteiger partial charge < -0.3 is 47.9 Å². The van der Waals surface area contributed by atoms with Gasteiger partial charge in [0, 0.05) is 65.6 Å². The van der Waals surface area contributed by atoms with Crippen LogP contribution in [0.15, 0.2) is 47.6 Å². The van der Waals surface area contributed by atoms with Gasteiger partial charge in [0.2, 0.25) is 5.79 Å². The molecule has 4 aliphatic rings. The van der Waals surface area contributed by atoms with Crippen LogP contribution in [0.1, 0.15) is 132 Å². The van der Waals surface area contributed by atoms with Gasteiger partial charge in [-0.3, -0.25) is 19.2 Å². The number of esters is 1. The van der Waals surface area contributed by atoms with Gasteiger partial charge in [0.15, 0.2) is 5.78 Å². The number of rotatable bonds is 13. The number of carbonyl (C=O) groups excluding carboxylic acids is 5. The van der Waals surface area contributed by atoms with Crippen molar-refractivity contribution >= 4 is 29.2 Å². The molecule has 0 aromatic heterocycles. The summed E-state index contributed by atoms with van der Waals surface area (Å²) in [6.07, 6.45) is 15.6.